The maximum Gasteiger partial charge on any atom is 0.328 e. The number of aliphatic carboxylic acids is 1. The van der Waals surface area contributed by atoms with Crippen LogP contribution in [0.2, 0.25) is 0 Å². The van der Waals surface area contributed by atoms with Crippen molar-refractivity contribution in [3.63, 3.8) is 0 Å². The summed E-state index contributed by atoms with van der Waals surface area (Å²) in [5.74, 6) is 0.982. The molecule has 0 heterocycles. The van der Waals surface area contributed by atoms with Crippen LogP contribution in [0.25, 0.3) is 27.6 Å². The second-order valence-corrected chi connectivity index (χ2v) is 5.48. The van der Waals surface area contributed by atoms with E-state index in [1.807, 2.05) is 36.4 Å². The van der Waals surface area contributed by atoms with Crippen LogP contribution in [0.5, 0.6) is 17.2 Å². The molecule has 0 saturated heterocycles. The van der Waals surface area contributed by atoms with Gasteiger partial charge < -0.3 is 19.3 Å². The van der Waals surface area contributed by atoms with Gasteiger partial charge >= 0.3 is 5.97 Å². The molecule has 1 N–H and O–H groups in total. The molecule has 0 unspecified atom stereocenters. The van der Waals surface area contributed by atoms with Crippen molar-refractivity contribution in [1.29, 1.82) is 0 Å². The Morgan fingerprint density at radius 2 is 1.60 bits per heavy atom. The van der Waals surface area contributed by atoms with Gasteiger partial charge in [-0.05, 0) is 63.5 Å². The van der Waals surface area contributed by atoms with Crippen molar-refractivity contribution in [3.05, 3.63) is 48.0 Å². The van der Waals surface area contributed by atoms with E-state index in [1.54, 1.807) is 27.4 Å². The smallest absolute Gasteiger partial charge is 0.328 e. The third-order valence-corrected chi connectivity index (χ3v) is 4.10. The van der Waals surface area contributed by atoms with E-state index in [9.17, 15) is 4.79 Å². The lowest BCUT2D eigenvalue weighted by Gasteiger charge is -2.13. The summed E-state index contributed by atoms with van der Waals surface area (Å²) in [7, 11) is 4.79. The predicted molar refractivity (Wildman–Crippen MR) is 97.8 cm³/mol. The van der Waals surface area contributed by atoms with Crippen molar-refractivity contribution in [3.8, 4) is 17.2 Å². The van der Waals surface area contributed by atoms with Gasteiger partial charge in [0.1, 0.15) is 5.75 Å². The Morgan fingerprint density at radius 3 is 2.24 bits per heavy atom. The number of hydrogen-bond acceptors (Lipinski definition) is 4. The Morgan fingerprint density at radius 1 is 0.880 bits per heavy atom. The normalized spacial score (nSPS) is 11.2. The maximum absolute atomic E-state index is 10.9. The van der Waals surface area contributed by atoms with Crippen LogP contribution in [0.3, 0.4) is 0 Å². The molecule has 0 amide bonds. The molecule has 25 heavy (non-hydrogen) atoms. The summed E-state index contributed by atoms with van der Waals surface area (Å²) >= 11 is 0. The highest BCUT2D eigenvalue weighted by Crippen LogP contribution is 2.38. The molecule has 0 aliphatic rings. The van der Waals surface area contributed by atoms with E-state index in [4.69, 9.17) is 19.3 Å². The van der Waals surface area contributed by atoms with E-state index in [0.29, 0.717) is 11.5 Å². The van der Waals surface area contributed by atoms with Crippen LogP contribution < -0.4 is 14.2 Å². The minimum Gasteiger partial charge on any atom is -0.497 e. The molecule has 0 aliphatic heterocycles. The molecule has 5 heteroatoms. The molecule has 128 valence electrons. The van der Waals surface area contributed by atoms with Crippen molar-refractivity contribution in [2.45, 2.75) is 0 Å². The minimum absolute atomic E-state index is 0.616. The number of rotatable bonds is 5. The summed E-state index contributed by atoms with van der Waals surface area (Å²) in [6, 6.07) is 11.4. The number of carbonyl (C=O) groups is 1. The van der Waals surface area contributed by atoms with Gasteiger partial charge in [0.05, 0.1) is 21.3 Å². The molecule has 0 spiro atoms. The Bertz CT molecular complexity index is 988. The summed E-state index contributed by atoms with van der Waals surface area (Å²) < 4.78 is 16.1. The second-order valence-electron chi connectivity index (χ2n) is 5.48. The van der Waals surface area contributed by atoms with Gasteiger partial charge in [0.25, 0.3) is 0 Å². The van der Waals surface area contributed by atoms with Crippen LogP contribution in [0, 0.1) is 0 Å². The molecular weight excluding hydrogens is 320 g/mol. The van der Waals surface area contributed by atoms with Crippen molar-refractivity contribution < 1.29 is 24.1 Å². The van der Waals surface area contributed by atoms with Crippen LogP contribution in [-0.2, 0) is 4.79 Å². The zero-order valence-corrected chi connectivity index (χ0v) is 14.2. The highest BCUT2D eigenvalue weighted by Gasteiger charge is 2.12. The van der Waals surface area contributed by atoms with Crippen molar-refractivity contribution in [2.24, 2.45) is 0 Å². The van der Waals surface area contributed by atoms with E-state index >= 15 is 0 Å². The van der Waals surface area contributed by atoms with Crippen LogP contribution >= 0.6 is 0 Å². The monoisotopic (exact) mass is 338 g/mol. The zero-order chi connectivity index (χ0) is 18.0. The van der Waals surface area contributed by atoms with E-state index < -0.39 is 5.97 Å². The molecule has 0 bridgehead atoms. The fraction of sp³-hybridized carbons (Fsp3) is 0.150. The topological polar surface area (TPSA) is 65.0 Å². The molecule has 0 aliphatic carbocycles. The summed E-state index contributed by atoms with van der Waals surface area (Å²) in [4.78, 5) is 10.9. The van der Waals surface area contributed by atoms with E-state index in [-0.39, 0.29) is 0 Å². The first-order chi connectivity index (χ1) is 12.1. The number of carboxylic acid groups (broad SMARTS) is 1. The SMILES string of the molecule is COc1ccc2c(/C=C/C(=O)O)cc3cc(OC)c(OC)cc3c2c1. The molecule has 0 saturated carbocycles. The van der Waals surface area contributed by atoms with Gasteiger partial charge in [-0.3, -0.25) is 0 Å². The molecule has 0 atom stereocenters. The van der Waals surface area contributed by atoms with Gasteiger partial charge in [0.2, 0.25) is 0 Å². The molecule has 3 aromatic carbocycles. The lowest BCUT2D eigenvalue weighted by atomic mass is 9.96. The van der Waals surface area contributed by atoms with Crippen LogP contribution in [0.4, 0.5) is 0 Å². The van der Waals surface area contributed by atoms with E-state index in [2.05, 4.69) is 0 Å². The average Bonchev–Trinajstić information content (AvgIpc) is 2.64. The van der Waals surface area contributed by atoms with Gasteiger partial charge in [0, 0.05) is 6.08 Å². The molecular formula is C20H18O5. The quantitative estimate of drug-likeness (QED) is 0.560. The Kier molecular flexibility index (Phi) is 4.48. The van der Waals surface area contributed by atoms with Crippen LogP contribution in [0.15, 0.2) is 42.5 Å². The molecule has 0 radical (unpaired) electrons. The summed E-state index contributed by atoms with van der Waals surface area (Å²) in [5, 5.41) is 12.7. The number of hydrogen-bond donors (Lipinski definition) is 1. The maximum atomic E-state index is 10.9. The lowest BCUT2D eigenvalue weighted by molar-refractivity contribution is -0.131. The van der Waals surface area contributed by atoms with Gasteiger partial charge in [-0.1, -0.05) is 6.07 Å². The van der Waals surface area contributed by atoms with Crippen molar-refractivity contribution >= 4 is 33.6 Å². The van der Waals surface area contributed by atoms with Crippen molar-refractivity contribution in [2.75, 3.05) is 21.3 Å². The largest absolute Gasteiger partial charge is 0.497 e. The van der Waals surface area contributed by atoms with E-state index in [1.165, 1.54) is 0 Å². The number of methoxy groups -OCH3 is 3. The molecule has 3 aromatic rings. The fourth-order valence-corrected chi connectivity index (χ4v) is 2.92. The van der Waals surface area contributed by atoms with Gasteiger partial charge in [-0.15, -0.1) is 0 Å². The number of ether oxygens (including phenoxy) is 3. The fourth-order valence-electron chi connectivity index (χ4n) is 2.92. The van der Waals surface area contributed by atoms with Crippen LogP contribution in [0.1, 0.15) is 5.56 Å². The van der Waals surface area contributed by atoms with Crippen molar-refractivity contribution in [1.82, 2.24) is 0 Å². The Balaban J connectivity index is 2.41. The highest BCUT2D eigenvalue weighted by molar-refractivity contribution is 6.12. The summed E-state index contributed by atoms with van der Waals surface area (Å²) in [6.45, 7) is 0. The van der Waals surface area contributed by atoms with Crippen LogP contribution in [-0.4, -0.2) is 32.4 Å². The first-order valence-corrected chi connectivity index (χ1v) is 7.65. The minimum atomic E-state index is -0.992. The number of carboxylic acids is 1. The lowest BCUT2D eigenvalue weighted by Crippen LogP contribution is -1.92. The number of fused-ring (bicyclic) bond motifs is 3. The molecule has 5 nitrogen and oxygen atoms in total. The zero-order valence-electron chi connectivity index (χ0n) is 14.2. The van der Waals surface area contributed by atoms with Gasteiger partial charge in [-0.2, -0.15) is 0 Å². The molecule has 0 aromatic heterocycles. The third kappa shape index (κ3) is 3.08. The molecule has 0 fully saturated rings. The Labute approximate surface area is 145 Å². The average molecular weight is 338 g/mol. The number of benzene rings is 3. The standard InChI is InChI=1S/C20H18O5/c1-23-14-5-6-15-12(4-7-20(21)22)8-13-9-18(24-2)19(25-3)11-16(13)17(15)10-14/h4-11H,1-3H3,(H,21,22)/b7-4+. The van der Waals surface area contributed by atoms with Gasteiger partial charge in [0.15, 0.2) is 11.5 Å². The summed E-state index contributed by atoms with van der Waals surface area (Å²) in [6.07, 6.45) is 2.72. The highest BCUT2D eigenvalue weighted by atomic mass is 16.5. The second kappa shape index (κ2) is 6.73. The Hall–Kier alpha value is -3.21. The molecule has 3 rings (SSSR count). The van der Waals surface area contributed by atoms with E-state index in [0.717, 1.165) is 38.9 Å². The first kappa shape index (κ1) is 16.6. The predicted octanol–water partition coefficient (Wildman–Crippen LogP) is 4.12. The first-order valence-electron chi connectivity index (χ1n) is 7.65. The third-order valence-electron chi connectivity index (χ3n) is 4.10. The van der Waals surface area contributed by atoms with Gasteiger partial charge in [-0.25, -0.2) is 4.79 Å². The summed E-state index contributed by atoms with van der Waals surface area (Å²) in [5.41, 5.74) is 0.805.